The van der Waals surface area contributed by atoms with E-state index in [1.807, 2.05) is 19.2 Å². The van der Waals surface area contributed by atoms with Gasteiger partial charge in [0, 0.05) is 55.4 Å². The number of fused-ring (bicyclic) bond motifs is 1. The van der Waals surface area contributed by atoms with Gasteiger partial charge in [-0.05, 0) is 48.3 Å². The number of aromatic nitrogens is 2. The van der Waals surface area contributed by atoms with Crippen LogP contribution in [0, 0.1) is 11.3 Å². The van der Waals surface area contributed by atoms with Crippen molar-refractivity contribution in [2.45, 2.75) is 52.5 Å². The number of pyridine rings is 2. The average Bonchev–Trinajstić information content (AvgIpc) is 2.82. The van der Waals surface area contributed by atoms with Crippen molar-refractivity contribution in [3.63, 3.8) is 0 Å². The summed E-state index contributed by atoms with van der Waals surface area (Å²) in [7, 11) is 0. The van der Waals surface area contributed by atoms with Gasteiger partial charge < -0.3 is 4.90 Å². The van der Waals surface area contributed by atoms with Crippen LogP contribution in [0.15, 0.2) is 30.0 Å². The summed E-state index contributed by atoms with van der Waals surface area (Å²) >= 11 is 0. The van der Waals surface area contributed by atoms with Crippen molar-refractivity contribution in [1.82, 2.24) is 14.9 Å². The Kier molecular flexibility index (Phi) is 5.59. The van der Waals surface area contributed by atoms with E-state index in [0.717, 1.165) is 35.5 Å². The summed E-state index contributed by atoms with van der Waals surface area (Å²) < 4.78 is 21.9. The van der Waals surface area contributed by atoms with Crippen LogP contribution >= 0.6 is 0 Å². The van der Waals surface area contributed by atoms with Gasteiger partial charge in [0.2, 0.25) is 0 Å². The Labute approximate surface area is 199 Å². The highest BCUT2D eigenvalue weighted by Gasteiger charge is 2.27. The first kappa shape index (κ1) is 19.1. The van der Waals surface area contributed by atoms with E-state index in [4.69, 9.17) is 4.11 Å². The molecule has 0 aromatic carbocycles. The molecule has 2 aromatic rings. The van der Waals surface area contributed by atoms with Gasteiger partial charge in [0.05, 0.1) is 11.4 Å². The molecule has 1 fully saturated rings. The average molecular weight is 447 g/mol. The number of anilines is 1. The second-order valence-electron chi connectivity index (χ2n) is 8.56. The molecule has 0 bridgehead atoms. The molecule has 33 heavy (non-hydrogen) atoms. The number of carbonyl (C=O) groups is 2. The highest BCUT2D eigenvalue weighted by atomic mass is 16.1. The van der Waals surface area contributed by atoms with E-state index in [-0.39, 0.29) is 23.2 Å². The van der Waals surface area contributed by atoms with E-state index in [1.165, 1.54) is 6.07 Å². The molecule has 1 atom stereocenters. The van der Waals surface area contributed by atoms with Crippen molar-refractivity contribution >= 4 is 23.3 Å². The lowest BCUT2D eigenvalue weighted by Gasteiger charge is -2.41. The number of rotatable bonds is 6. The van der Waals surface area contributed by atoms with E-state index in [1.54, 1.807) is 6.07 Å². The quantitative estimate of drug-likeness (QED) is 0.627. The van der Waals surface area contributed by atoms with E-state index < -0.39 is 19.1 Å². The van der Waals surface area contributed by atoms with Gasteiger partial charge in [-0.2, -0.15) is 5.26 Å². The summed E-state index contributed by atoms with van der Waals surface area (Å²) in [6.45, 7) is 4.55. The molecule has 2 aromatic heterocycles. The van der Waals surface area contributed by atoms with Crippen molar-refractivity contribution in [3.05, 3.63) is 58.2 Å². The monoisotopic (exact) mass is 446 g/mol. The molecule has 3 heterocycles. The third kappa shape index (κ3) is 4.71. The normalized spacial score (nSPS) is 20.2. The molecule has 0 spiro atoms. The van der Waals surface area contributed by atoms with Crippen LogP contribution in [0.2, 0.25) is 0 Å². The van der Waals surface area contributed by atoms with Gasteiger partial charge in [0.25, 0.3) is 0 Å². The predicted molar refractivity (Wildman–Crippen MR) is 127 cm³/mol. The number of allylic oxidation sites excluding steroid dienone is 1. The van der Waals surface area contributed by atoms with Gasteiger partial charge in [-0.3, -0.25) is 19.5 Å². The maximum Gasteiger partial charge on any atom is 0.180 e. The number of hydrogen-bond donors (Lipinski definition) is 0. The summed E-state index contributed by atoms with van der Waals surface area (Å²) in [6.07, 6.45) is 4.28. The van der Waals surface area contributed by atoms with Crippen LogP contribution in [0.25, 0.3) is 6.08 Å². The van der Waals surface area contributed by atoms with Crippen LogP contribution in [-0.4, -0.2) is 52.1 Å². The van der Waals surface area contributed by atoms with Gasteiger partial charge in [0.15, 0.2) is 17.3 Å². The lowest BCUT2D eigenvalue weighted by atomic mass is 9.92. The van der Waals surface area contributed by atoms with E-state index >= 15 is 0 Å². The molecule has 170 valence electrons. The van der Waals surface area contributed by atoms with Crippen LogP contribution < -0.4 is 4.90 Å². The topological polar surface area (TPSA) is 90.2 Å². The van der Waals surface area contributed by atoms with Crippen molar-refractivity contribution < 1.29 is 13.7 Å². The molecule has 4 rings (SSSR count). The molecule has 0 N–H and O–H groups in total. The Morgan fingerprint density at radius 3 is 2.94 bits per heavy atom. The molecular formula is C26H29N5O2. The second kappa shape index (κ2) is 9.63. The molecule has 0 amide bonds. The number of hydrogen-bond acceptors (Lipinski definition) is 7. The molecule has 7 nitrogen and oxygen atoms in total. The summed E-state index contributed by atoms with van der Waals surface area (Å²) in [5, 5.41) is 9.66. The van der Waals surface area contributed by atoms with Crippen LogP contribution in [0.3, 0.4) is 0 Å². The molecule has 1 saturated heterocycles. The Morgan fingerprint density at radius 1 is 1.36 bits per heavy atom. The van der Waals surface area contributed by atoms with Crippen molar-refractivity contribution in [3.8, 4) is 6.07 Å². The Morgan fingerprint density at radius 2 is 2.21 bits per heavy atom. The molecule has 0 unspecified atom stereocenters. The Bertz CT molecular complexity index is 1270. The maximum absolute atomic E-state index is 12.3. The number of piperazine rings is 1. The lowest BCUT2D eigenvalue weighted by molar-refractivity contribution is -0.115. The minimum Gasteiger partial charge on any atom is -0.364 e. The number of nitrogens with zero attached hydrogens (tertiary/aromatic N) is 5. The zero-order valence-corrected chi connectivity index (χ0v) is 19.0. The summed E-state index contributed by atoms with van der Waals surface area (Å²) in [6, 6.07) is 7.41. The molecule has 7 heteroatoms. The Balaban J connectivity index is 1.44. The zero-order valence-electron chi connectivity index (χ0n) is 22.0. The second-order valence-corrected chi connectivity index (χ2v) is 8.56. The van der Waals surface area contributed by atoms with Crippen LogP contribution in [-0.2, 0) is 17.8 Å². The third-order valence-electron chi connectivity index (χ3n) is 6.31. The number of carbonyl (C=O) groups excluding carboxylic acids is 2. The van der Waals surface area contributed by atoms with E-state index in [2.05, 4.69) is 38.8 Å². The van der Waals surface area contributed by atoms with Crippen molar-refractivity contribution in [2.24, 2.45) is 0 Å². The Hall–Kier alpha value is -3.37. The SMILES string of the molecule is [2H]C([2H])([2H])CC(=O)c1ccc(N2CCN(Cc3cnc4c(c3)CC(=O)C(CC)=C4)C[C@H]2C)c(C#N)n1. The third-order valence-corrected chi connectivity index (χ3v) is 6.31. The van der Waals surface area contributed by atoms with Crippen LogP contribution in [0.5, 0.6) is 0 Å². The molecule has 0 saturated carbocycles. The van der Waals surface area contributed by atoms with Gasteiger partial charge in [-0.15, -0.1) is 0 Å². The first-order valence-electron chi connectivity index (χ1n) is 12.7. The van der Waals surface area contributed by atoms with Gasteiger partial charge in [0.1, 0.15) is 11.8 Å². The number of Topliss-reactive ketones (excluding diaryl/α,β-unsaturated/α-hetero) is 2. The van der Waals surface area contributed by atoms with Crippen molar-refractivity contribution in [1.29, 1.82) is 5.26 Å². The molecule has 1 aliphatic heterocycles. The number of ketones is 2. The highest BCUT2D eigenvalue weighted by molar-refractivity contribution is 6.03. The van der Waals surface area contributed by atoms with Gasteiger partial charge >= 0.3 is 0 Å². The number of nitriles is 1. The smallest absolute Gasteiger partial charge is 0.180 e. The lowest BCUT2D eigenvalue weighted by Crippen LogP contribution is -2.52. The minimum absolute atomic E-state index is 0.00277. The first-order chi connectivity index (χ1) is 17.1. The van der Waals surface area contributed by atoms with Gasteiger partial charge in [-0.25, -0.2) is 4.98 Å². The standard InChI is InChI=1S/C26H29N5O2/c1-4-19-11-22-20(12-26(19)33)10-18(14-28-22)16-30-8-9-31(17(3)15-30)24-7-6-21(25(32)5-2)29-23(24)13-27/h6-7,10-11,14,17H,4-5,8-9,12,15-16H2,1-3H3/t17-/m1/s1/i2D3. The highest BCUT2D eigenvalue weighted by Crippen LogP contribution is 2.26. The fourth-order valence-corrected chi connectivity index (χ4v) is 4.56. The van der Waals surface area contributed by atoms with Crippen LogP contribution in [0.1, 0.15) is 70.7 Å². The molecule has 2 aliphatic rings. The maximum atomic E-state index is 12.3. The predicted octanol–water partition coefficient (Wildman–Crippen LogP) is 3.57. The molecular weight excluding hydrogens is 414 g/mol. The van der Waals surface area contributed by atoms with Crippen LogP contribution in [0.4, 0.5) is 5.69 Å². The van der Waals surface area contributed by atoms with Crippen molar-refractivity contribution in [2.75, 3.05) is 24.5 Å². The van der Waals surface area contributed by atoms with Gasteiger partial charge in [-0.1, -0.05) is 19.8 Å². The summed E-state index contributed by atoms with van der Waals surface area (Å²) in [5.41, 5.74) is 4.50. The largest absolute Gasteiger partial charge is 0.364 e. The fraction of sp³-hybridized carbons (Fsp3) is 0.423. The van der Waals surface area contributed by atoms with E-state index in [9.17, 15) is 14.9 Å². The minimum atomic E-state index is -2.38. The van der Waals surface area contributed by atoms with E-state index in [0.29, 0.717) is 31.6 Å². The summed E-state index contributed by atoms with van der Waals surface area (Å²) in [5.74, 6) is -0.433. The summed E-state index contributed by atoms with van der Waals surface area (Å²) in [4.78, 5) is 37.7. The molecule has 1 aliphatic carbocycles. The zero-order chi connectivity index (χ0) is 26.0. The first-order valence-corrected chi connectivity index (χ1v) is 11.2. The fourth-order valence-electron chi connectivity index (χ4n) is 4.56. The molecule has 0 radical (unpaired) electrons.